The molecule has 0 aliphatic carbocycles. The maximum absolute atomic E-state index is 5.60. The molecule has 24 heavy (non-hydrogen) atoms. The van der Waals surface area contributed by atoms with Crippen molar-refractivity contribution in [2.45, 2.75) is 12.8 Å². The van der Waals surface area contributed by atoms with E-state index in [1.54, 1.807) is 12.5 Å². The van der Waals surface area contributed by atoms with Crippen LogP contribution in [-0.4, -0.2) is 46.5 Å². The molecule has 0 saturated heterocycles. The van der Waals surface area contributed by atoms with E-state index in [0.29, 0.717) is 6.61 Å². The van der Waals surface area contributed by atoms with Crippen LogP contribution in [0.3, 0.4) is 0 Å². The molecule has 0 amide bonds. The number of nitrogens with one attached hydrogen (secondary N) is 2. The minimum Gasteiger partial charge on any atom is -0.382 e. The van der Waals surface area contributed by atoms with Crippen LogP contribution in [-0.2, 0) is 4.74 Å². The zero-order valence-electron chi connectivity index (χ0n) is 13.5. The van der Waals surface area contributed by atoms with Gasteiger partial charge >= 0.3 is 0 Å². The van der Waals surface area contributed by atoms with E-state index < -0.39 is 0 Å². The Morgan fingerprint density at radius 2 is 2.17 bits per heavy atom. The zero-order valence-corrected chi connectivity index (χ0v) is 13.5. The standard InChI is InChI=1S/C17H22N6O/c18-4-1-2-7-24-8-6-20-16-9-13(15-3-5-19-12-21-15)10-17-14(16)11-22-23-17/h3,5,9-12,20H,1-2,4,6-8,18H2,(H,22,23). The van der Waals surface area contributed by atoms with Crippen LogP contribution in [0.5, 0.6) is 0 Å². The Hall–Kier alpha value is -2.51. The number of hydrogen-bond acceptors (Lipinski definition) is 6. The minimum atomic E-state index is 0.654. The fraction of sp³-hybridized carbons (Fsp3) is 0.353. The summed E-state index contributed by atoms with van der Waals surface area (Å²) in [5.41, 5.74) is 9.34. The minimum absolute atomic E-state index is 0.654. The highest BCUT2D eigenvalue weighted by Crippen LogP contribution is 2.28. The molecule has 3 aromatic rings. The average Bonchev–Trinajstić information content (AvgIpc) is 3.10. The molecular weight excluding hydrogens is 304 g/mol. The Labute approximate surface area is 140 Å². The number of anilines is 1. The van der Waals surface area contributed by atoms with Crippen molar-refractivity contribution in [3.8, 4) is 11.3 Å². The van der Waals surface area contributed by atoms with Crippen molar-refractivity contribution in [3.05, 3.63) is 36.9 Å². The highest BCUT2D eigenvalue weighted by Gasteiger charge is 2.08. The van der Waals surface area contributed by atoms with Gasteiger partial charge in [0.05, 0.1) is 24.0 Å². The van der Waals surface area contributed by atoms with Crippen LogP contribution in [0, 0.1) is 0 Å². The summed E-state index contributed by atoms with van der Waals surface area (Å²) in [5.74, 6) is 0. The number of aromatic amines is 1. The number of nitrogens with zero attached hydrogens (tertiary/aromatic N) is 3. The van der Waals surface area contributed by atoms with E-state index in [2.05, 4.69) is 31.5 Å². The largest absolute Gasteiger partial charge is 0.382 e. The van der Waals surface area contributed by atoms with Crippen LogP contribution < -0.4 is 11.1 Å². The van der Waals surface area contributed by atoms with Gasteiger partial charge in [0.25, 0.3) is 0 Å². The second kappa shape index (κ2) is 8.37. The molecule has 0 fully saturated rings. The fourth-order valence-corrected chi connectivity index (χ4v) is 2.52. The SMILES string of the molecule is NCCCCOCCNc1cc(-c2ccncn2)cc2[nH]ncc12. The first kappa shape index (κ1) is 16.4. The predicted octanol–water partition coefficient (Wildman–Crippen LogP) is 2.19. The first-order valence-electron chi connectivity index (χ1n) is 8.13. The number of nitrogens with two attached hydrogens (primary N) is 1. The number of ether oxygens (including phenoxy) is 1. The Balaban J connectivity index is 1.67. The van der Waals surface area contributed by atoms with E-state index in [0.717, 1.165) is 60.4 Å². The lowest BCUT2D eigenvalue weighted by Gasteiger charge is -2.10. The number of benzene rings is 1. The van der Waals surface area contributed by atoms with E-state index in [-0.39, 0.29) is 0 Å². The van der Waals surface area contributed by atoms with Gasteiger partial charge < -0.3 is 15.8 Å². The molecule has 126 valence electrons. The van der Waals surface area contributed by atoms with Crippen LogP contribution in [0.25, 0.3) is 22.2 Å². The Morgan fingerprint density at radius 1 is 1.21 bits per heavy atom. The highest BCUT2D eigenvalue weighted by atomic mass is 16.5. The maximum atomic E-state index is 5.60. The molecule has 0 aliphatic heterocycles. The number of aromatic nitrogens is 4. The smallest absolute Gasteiger partial charge is 0.116 e. The average molecular weight is 326 g/mol. The molecule has 0 atom stereocenters. The lowest BCUT2D eigenvalue weighted by atomic mass is 10.1. The van der Waals surface area contributed by atoms with Crippen molar-refractivity contribution in [1.82, 2.24) is 20.2 Å². The van der Waals surface area contributed by atoms with Crippen molar-refractivity contribution in [3.63, 3.8) is 0 Å². The number of rotatable bonds is 9. The molecule has 1 aromatic carbocycles. The normalized spacial score (nSPS) is 11.0. The summed E-state index contributed by atoms with van der Waals surface area (Å²) in [4.78, 5) is 8.28. The van der Waals surface area contributed by atoms with E-state index in [4.69, 9.17) is 10.5 Å². The molecule has 2 heterocycles. The predicted molar refractivity (Wildman–Crippen MR) is 94.7 cm³/mol. The summed E-state index contributed by atoms with van der Waals surface area (Å²) < 4.78 is 5.60. The molecule has 0 bridgehead atoms. The molecule has 0 aliphatic rings. The Morgan fingerprint density at radius 3 is 3.00 bits per heavy atom. The van der Waals surface area contributed by atoms with Gasteiger partial charge in [0.15, 0.2) is 0 Å². The number of hydrogen-bond donors (Lipinski definition) is 3. The molecule has 7 nitrogen and oxygen atoms in total. The lowest BCUT2D eigenvalue weighted by molar-refractivity contribution is 0.140. The Bertz CT molecular complexity index is 758. The second-order valence-electron chi connectivity index (χ2n) is 5.48. The van der Waals surface area contributed by atoms with Crippen LogP contribution in [0.2, 0.25) is 0 Å². The molecule has 0 unspecified atom stereocenters. The molecule has 0 spiro atoms. The van der Waals surface area contributed by atoms with Crippen molar-refractivity contribution in [2.75, 3.05) is 31.6 Å². The van der Waals surface area contributed by atoms with Gasteiger partial charge in [0, 0.05) is 36.0 Å². The summed E-state index contributed by atoms with van der Waals surface area (Å²) in [6, 6.07) is 6.01. The van der Waals surface area contributed by atoms with Crippen molar-refractivity contribution >= 4 is 16.6 Å². The van der Waals surface area contributed by atoms with Gasteiger partial charge in [-0.1, -0.05) is 0 Å². The molecule has 2 aromatic heterocycles. The molecule has 3 rings (SSSR count). The lowest BCUT2D eigenvalue weighted by Crippen LogP contribution is -2.11. The summed E-state index contributed by atoms with van der Waals surface area (Å²) in [6.45, 7) is 2.86. The molecule has 0 saturated carbocycles. The van der Waals surface area contributed by atoms with Crippen LogP contribution in [0.15, 0.2) is 36.9 Å². The van der Waals surface area contributed by atoms with E-state index in [9.17, 15) is 0 Å². The highest BCUT2D eigenvalue weighted by molar-refractivity contribution is 5.94. The van der Waals surface area contributed by atoms with Crippen LogP contribution >= 0.6 is 0 Å². The van der Waals surface area contributed by atoms with E-state index in [1.807, 2.05) is 18.3 Å². The first-order valence-corrected chi connectivity index (χ1v) is 8.13. The molecular formula is C17H22N6O. The third-order valence-corrected chi connectivity index (χ3v) is 3.74. The number of H-pyrrole nitrogens is 1. The second-order valence-corrected chi connectivity index (χ2v) is 5.48. The van der Waals surface area contributed by atoms with E-state index >= 15 is 0 Å². The fourth-order valence-electron chi connectivity index (χ4n) is 2.52. The summed E-state index contributed by atoms with van der Waals surface area (Å²) in [7, 11) is 0. The summed E-state index contributed by atoms with van der Waals surface area (Å²) in [5, 5.41) is 11.6. The van der Waals surface area contributed by atoms with Crippen molar-refractivity contribution < 1.29 is 4.74 Å². The van der Waals surface area contributed by atoms with Gasteiger partial charge in [-0.05, 0) is 37.6 Å². The third kappa shape index (κ3) is 4.06. The Kier molecular flexibility index (Phi) is 5.70. The van der Waals surface area contributed by atoms with Gasteiger partial charge in [-0.25, -0.2) is 9.97 Å². The van der Waals surface area contributed by atoms with Crippen molar-refractivity contribution in [2.24, 2.45) is 5.73 Å². The van der Waals surface area contributed by atoms with Gasteiger partial charge in [0.1, 0.15) is 6.33 Å². The van der Waals surface area contributed by atoms with Gasteiger partial charge in [-0.3, -0.25) is 5.10 Å². The number of fused-ring (bicyclic) bond motifs is 1. The zero-order chi connectivity index (χ0) is 16.6. The quantitative estimate of drug-likeness (QED) is 0.521. The van der Waals surface area contributed by atoms with Crippen LogP contribution in [0.4, 0.5) is 5.69 Å². The van der Waals surface area contributed by atoms with Gasteiger partial charge in [-0.2, -0.15) is 5.10 Å². The molecule has 0 radical (unpaired) electrons. The molecule has 7 heteroatoms. The van der Waals surface area contributed by atoms with Gasteiger partial charge in [-0.15, -0.1) is 0 Å². The molecule has 4 N–H and O–H groups in total. The summed E-state index contributed by atoms with van der Waals surface area (Å²) >= 11 is 0. The first-order chi connectivity index (χ1) is 11.9. The maximum Gasteiger partial charge on any atom is 0.116 e. The van der Waals surface area contributed by atoms with Crippen LogP contribution in [0.1, 0.15) is 12.8 Å². The van der Waals surface area contributed by atoms with E-state index in [1.165, 1.54) is 0 Å². The summed E-state index contributed by atoms with van der Waals surface area (Å²) in [6.07, 6.45) is 7.12. The third-order valence-electron chi connectivity index (χ3n) is 3.74. The van der Waals surface area contributed by atoms with Gasteiger partial charge in [0.2, 0.25) is 0 Å². The van der Waals surface area contributed by atoms with Crippen molar-refractivity contribution in [1.29, 1.82) is 0 Å². The topological polar surface area (TPSA) is 102 Å². The number of unbranched alkanes of at least 4 members (excludes halogenated alkanes) is 1. The monoisotopic (exact) mass is 326 g/mol.